The van der Waals surface area contributed by atoms with Gasteiger partial charge in [0.05, 0.1) is 5.56 Å². The predicted molar refractivity (Wildman–Crippen MR) is 67.4 cm³/mol. The second kappa shape index (κ2) is 7.40. The third-order valence-corrected chi connectivity index (χ3v) is 2.95. The maximum Gasteiger partial charge on any atom is 0.252 e. The molecule has 0 bridgehead atoms. The van der Waals surface area contributed by atoms with Crippen LogP contribution in [0.2, 0.25) is 0 Å². The normalized spacial score (nSPS) is 10.3. The number of halogens is 2. The number of carbonyl (C=O) groups excluding carboxylic acids is 1. The summed E-state index contributed by atoms with van der Waals surface area (Å²) in [5.41, 5.74) is 0.425. The van der Waals surface area contributed by atoms with Gasteiger partial charge >= 0.3 is 0 Å². The molecule has 94 valence electrons. The van der Waals surface area contributed by atoms with Crippen LogP contribution < -0.4 is 5.32 Å². The van der Waals surface area contributed by atoms with Gasteiger partial charge in [0.25, 0.3) is 5.91 Å². The molecule has 3 nitrogen and oxygen atoms in total. The van der Waals surface area contributed by atoms with Crippen LogP contribution in [0.5, 0.6) is 0 Å². The summed E-state index contributed by atoms with van der Waals surface area (Å²) < 4.78 is 13.3. The number of amides is 1. The standard InChI is InChI=1S/C12H15BrFNO2/c13-11-8-9(14)4-5-10(11)12(17)15-6-2-1-3-7-16/h4-5,8,16H,1-3,6-7H2,(H,15,17). The van der Waals surface area contributed by atoms with Crippen molar-refractivity contribution in [1.29, 1.82) is 0 Å². The van der Waals surface area contributed by atoms with Crippen molar-refractivity contribution in [1.82, 2.24) is 5.32 Å². The molecule has 0 spiro atoms. The Morgan fingerprint density at radius 2 is 2.12 bits per heavy atom. The van der Waals surface area contributed by atoms with Gasteiger partial charge in [0.2, 0.25) is 0 Å². The lowest BCUT2D eigenvalue weighted by Crippen LogP contribution is -2.24. The molecule has 5 heteroatoms. The van der Waals surface area contributed by atoms with E-state index in [2.05, 4.69) is 21.2 Å². The number of carbonyl (C=O) groups is 1. The monoisotopic (exact) mass is 303 g/mol. The summed E-state index contributed by atoms with van der Waals surface area (Å²) in [6.45, 7) is 0.736. The Hall–Kier alpha value is -0.940. The van der Waals surface area contributed by atoms with Crippen molar-refractivity contribution in [2.45, 2.75) is 19.3 Å². The topological polar surface area (TPSA) is 49.3 Å². The molecule has 0 saturated heterocycles. The first-order valence-electron chi connectivity index (χ1n) is 5.49. The molecule has 0 heterocycles. The highest BCUT2D eigenvalue weighted by Crippen LogP contribution is 2.17. The summed E-state index contributed by atoms with van der Waals surface area (Å²) in [5.74, 6) is -0.600. The highest BCUT2D eigenvalue weighted by atomic mass is 79.9. The van der Waals surface area contributed by atoms with Crippen LogP contribution in [-0.2, 0) is 0 Å². The van der Waals surface area contributed by atoms with Crippen molar-refractivity contribution < 1.29 is 14.3 Å². The van der Waals surface area contributed by atoms with Gasteiger partial charge < -0.3 is 10.4 Å². The summed E-state index contributed by atoms with van der Waals surface area (Å²) in [6, 6.07) is 3.97. The van der Waals surface area contributed by atoms with Crippen LogP contribution in [0.1, 0.15) is 29.6 Å². The van der Waals surface area contributed by atoms with Gasteiger partial charge in [-0.3, -0.25) is 4.79 Å². The van der Waals surface area contributed by atoms with Crippen LogP contribution in [0.3, 0.4) is 0 Å². The fraction of sp³-hybridized carbons (Fsp3) is 0.417. The number of aliphatic hydroxyl groups excluding tert-OH is 1. The molecule has 0 saturated carbocycles. The minimum absolute atomic E-state index is 0.178. The molecule has 0 fully saturated rings. The highest BCUT2D eigenvalue weighted by molar-refractivity contribution is 9.10. The van der Waals surface area contributed by atoms with E-state index in [1.165, 1.54) is 18.2 Å². The van der Waals surface area contributed by atoms with Gasteiger partial charge in [0.15, 0.2) is 0 Å². The maximum atomic E-state index is 12.8. The van der Waals surface area contributed by atoms with Crippen LogP contribution in [-0.4, -0.2) is 24.2 Å². The quantitative estimate of drug-likeness (QED) is 0.793. The fourth-order valence-corrected chi connectivity index (χ4v) is 1.92. The third kappa shape index (κ3) is 4.83. The van der Waals surface area contributed by atoms with Crippen LogP contribution in [0.15, 0.2) is 22.7 Å². The molecule has 1 aromatic rings. The van der Waals surface area contributed by atoms with Crippen molar-refractivity contribution in [3.63, 3.8) is 0 Å². The van der Waals surface area contributed by atoms with Crippen molar-refractivity contribution in [3.8, 4) is 0 Å². The van der Waals surface area contributed by atoms with E-state index in [0.717, 1.165) is 19.3 Å². The van der Waals surface area contributed by atoms with Crippen molar-refractivity contribution in [2.24, 2.45) is 0 Å². The molecular weight excluding hydrogens is 289 g/mol. The average Bonchev–Trinajstić information content (AvgIpc) is 2.28. The SMILES string of the molecule is O=C(NCCCCCO)c1ccc(F)cc1Br. The Morgan fingerprint density at radius 1 is 1.35 bits per heavy atom. The average molecular weight is 304 g/mol. The van der Waals surface area contributed by atoms with E-state index in [-0.39, 0.29) is 18.3 Å². The summed E-state index contributed by atoms with van der Waals surface area (Å²) in [4.78, 5) is 11.7. The largest absolute Gasteiger partial charge is 0.396 e. The Morgan fingerprint density at radius 3 is 2.76 bits per heavy atom. The van der Waals surface area contributed by atoms with Gasteiger partial charge in [-0.15, -0.1) is 0 Å². The minimum atomic E-state index is -0.378. The molecule has 1 amide bonds. The zero-order valence-corrected chi connectivity index (χ0v) is 11.0. The van der Waals surface area contributed by atoms with Gasteiger partial charge in [-0.25, -0.2) is 4.39 Å². The van der Waals surface area contributed by atoms with Gasteiger partial charge in [-0.1, -0.05) is 0 Å². The lowest BCUT2D eigenvalue weighted by molar-refractivity contribution is 0.0952. The van der Waals surface area contributed by atoms with Crippen molar-refractivity contribution >= 4 is 21.8 Å². The Bertz CT molecular complexity index is 385. The molecule has 17 heavy (non-hydrogen) atoms. The smallest absolute Gasteiger partial charge is 0.252 e. The first-order valence-corrected chi connectivity index (χ1v) is 6.28. The van der Waals surface area contributed by atoms with Gasteiger partial charge in [-0.05, 0) is 53.4 Å². The molecule has 0 aliphatic heterocycles. The van der Waals surface area contributed by atoms with Crippen LogP contribution in [0, 0.1) is 5.82 Å². The second-order valence-corrected chi connectivity index (χ2v) is 4.52. The number of hydrogen-bond acceptors (Lipinski definition) is 2. The number of unbranched alkanes of at least 4 members (excludes halogenated alkanes) is 2. The number of hydrogen-bond donors (Lipinski definition) is 2. The van der Waals surface area contributed by atoms with E-state index in [9.17, 15) is 9.18 Å². The summed E-state index contributed by atoms with van der Waals surface area (Å²) in [5, 5.41) is 11.3. The number of benzene rings is 1. The lowest BCUT2D eigenvalue weighted by atomic mass is 10.2. The Balaban J connectivity index is 2.42. The molecule has 0 unspecified atom stereocenters. The van der Waals surface area contributed by atoms with Gasteiger partial charge in [0, 0.05) is 17.6 Å². The number of aliphatic hydroxyl groups is 1. The maximum absolute atomic E-state index is 12.8. The minimum Gasteiger partial charge on any atom is -0.396 e. The summed E-state index contributed by atoms with van der Waals surface area (Å²) in [6.07, 6.45) is 2.45. The zero-order chi connectivity index (χ0) is 12.7. The van der Waals surface area contributed by atoms with Crippen molar-refractivity contribution in [2.75, 3.05) is 13.2 Å². The fourth-order valence-electron chi connectivity index (χ4n) is 1.38. The van der Waals surface area contributed by atoms with E-state index in [4.69, 9.17) is 5.11 Å². The highest BCUT2D eigenvalue weighted by Gasteiger charge is 2.09. The third-order valence-electron chi connectivity index (χ3n) is 2.30. The first-order chi connectivity index (χ1) is 8.15. The predicted octanol–water partition coefficient (Wildman–Crippen LogP) is 2.48. The van der Waals surface area contributed by atoms with E-state index >= 15 is 0 Å². The molecule has 1 aromatic carbocycles. The lowest BCUT2D eigenvalue weighted by Gasteiger charge is -2.06. The van der Waals surface area contributed by atoms with E-state index in [1.54, 1.807) is 0 Å². The summed E-state index contributed by atoms with van der Waals surface area (Å²) >= 11 is 3.15. The zero-order valence-electron chi connectivity index (χ0n) is 9.38. The Kier molecular flexibility index (Phi) is 6.15. The van der Waals surface area contributed by atoms with E-state index in [1.807, 2.05) is 0 Å². The van der Waals surface area contributed by atoms with E-state index < -0.39 is 0 Å². The molecule has 2 N–H and O–H groups in total. The molecule has 0 aliphatic rings. The molecule has 0 radical (unpaired) electrons. The molecule has 1 rings (SSSR count). The van der Waals surface area contributed by atoms with E-state index in [0.29, 0.717) is 16.6 Å². The van der Waals surface area contributed by atoms with Crippen LogP contribution in [0.4, 0.5) is 4.39 Å². The van der Waals surface area contributed by atoms with Gasteiger partial charge in [0.1, 0.15) is 5.82 Å². The molecular formula is C12H15BrFNO2. The van der Waals surface area contributed by atoms with Gasteiger partial charge in [-0.2, -0.15) is 0 Å². The van der Waals surface area contributed by atoms with Crippen LogP contribution >= 0.6 is 15.9 Å². The first kappa shape index (κ1) is 14.1. The van der Waals surface area contributed by atoms with Crippen LogP contribution in [0.25, 0.3) is 0 Å². The molecule has 0 aromatic heterocycles. The summed E-state index contributed by atoms with van der Waals surface area (Å²) in [7, 11) is 0. The second-order valence-electron chi connectivity index (χ2n) is 3.66. The molecule has 0 atom stereocenters. The Labute approximate surface area is 108 Å². The number of rotatable bonds is 6. The molecule has 0 aliphatic carbocycles. The van der Waals surface area contributed by atoms with Crippen molar-refractivity contribution in [3.05, 3.63) is 34.1 Å². The number of nitrogens with one attached hydrogen (secondary N) is 1.